The molecule has 23 heavy (non-hydrogen) atoms. The lowest BCUT2D eigenvalue weighted by molar-refractivity contribution is 0.0622. The van der Waals surface area contributed by atoms with Gasteiger partial charge >= 0.3 is 0 Å². The predicted molar refractivity (Wildman–Crippen MR) is 92.3 cm³/mol. The van der Waals surface area contributed by atoms with Crippen LogP contribution in [0.5, 0.6) is 0 Å². The van der Waals surface area contributed by atoms with Gasteiger partial charge in [0, 0.05) is 12.6 Å². The van der Waals surface area contributed by atoms with Crippen molar-refractivity contribution in [3.8, 4) is 0 Å². The third-order valence-electron chi connectivity index (χ3n) is 4.69. The van der Waals surface area contributed by atoms with E-state index in [1.165, 1.54) is 37.3 Å². The van der Waals surface area contributed by atoms with Crippen molar-refractivity contribution in [2.75, 3.05) is 19.6 Å². The predicted octanol–water partition coefficient (Wildman–Crippen LogP) is 3.62. The van der Waals surface area contributed by atoms with E-state index in [1.807, 2.05) is 31.2 Å². The Hall–Kier alpha value is -1.24. The van der Waals surface area contributed by atoms with Crippen molar-refractivity contribution >= 4 is 29.0 Å². The van der Waals surface area contributed by atoms with Crippen LogP contribution in [0, 0.1) is 12.8 Å². The molecule has 2 aromatic rings. The molecule has 0 aliphatic carbocycles. The summed E-state index contributed by atoms with van der Waals surface area (Å²) in [5, 5.41) is 4.11. The molecule has 3 aliphatic heterocycles. The number of nitrogens with one attached hydrogen (secondary N) is 1. The van der Waals surface area contributed by atoms with Crippen LogP contribution in [0.15, 0.2) is 38.0 Å². The minimum absolute atomic E-state index is 0.0659. The molecule has 0 radical (unpaired) electrons. The highest BCUT2D eigenvalue weighted by atomic mass is 32.2. The molecule has 3 aliphatic rings. The van der Waals surface area contributed by atoms with E-state index in [9.17, 15) is 4.79 Å². The van der Waals surface area contributed by atoms with Crippen molar-refractivity contribution in [2.45, 2.75) is 35.1 Å². The van der Waals surface area contributed by atoms with E-state index in [4.69, 9.17) is 4.42 Å². The second kappa shape index (κ2) is 6.34. The second-order valence-corrected chi connectivity index (χ2v) is 8.69. The molecule has 1 N–H and O–H groups in total. The van der Waals surface area contributed by atoms with Gasteiger partial charge in [0.15, 0.2) is 5.09 Å². The van der Waals surface area contributed by atoms with E-state index in [1.54, 1.807) is 11.8 Å². The number of furan rings is 1. The number of rotatable bonds is 4. The van der Waals surface area contributed by atoms with E-state index < -0.39 is 0 Å². The van der Waals surface area contributed by atoms with Gasteiger partial charge in [0.05, 0.1) is 9.09 Å². The fourth-order valence-corrected chi connectivity index (χ4v) is 5.40. The lowest BCUT2D eigenvalue weighted by Gasteiger charge is -2.44. The van der Waals surface area contributed by atoms with Crippen molar-refractivity contribution in [3.05, 3.63) is 34.9 Å². The van der Waals surface area contributed by atoms with Crippen LogP contribution >= 0.6 is 23.1 Å². The number of piperidine rings is 3. The van der Waals surface area contributed by atoms with E-state index in [2.05, 4.69) is 10.2 Å². The van der Waals surface area contributed by atoms with Crippen LogP contribution in [0.25, 0.3) is 0 Å². The first-order valence-electron chi connectivity index (χ1n) is 8.05. The summed E-state index contributed by atoms with van der Waals surface area (Å²) >= 11 is 3.10. The summed E-state index contributed by atoms with van der Waals surface area (Å²) in [6, 6.07) is 8.15. The van der Waals surface area contributed by atoms with Crippen molar-refractivity contribution in [3.63, 3.8) is 0 Å². The average Bonchev–Trinajstić information content (AvgIpc) is 3.18. The molecule has 5 rings (SSSR count). The van der Waals surface area contributed by atoms with Crippen LogP contribution in [0.1, 0.15) is 28.3 Å². The topological polar surface area (TPSA) is 45.5 Å². The van der Waals surface area contributed by atoms with Gasteiger partial charge in [-0.3, -0.25) is 4.79 Å². The maximum absolute atomic E-state index is 12.5. The van der Waals surface area contributed by atoms with Gasteiger partial charge in [-0.25, -0.2) is 0 Å². The smallest absolute Gasteiger partial charge is 0.261 e. The number of amides is 1. The quantitative estimate of drug-likeness (QED) is 0.916. The van der Waals surface area contributed by atoms with Crippen LogP contribution in [0.3, 0.4) is 0 Å². The van der Waals surface area contributed by atoms with Gasteiger partial charge in [0.2, 0.25) is 0 Å². The zero-order valence-electron chi connectivity index (χ0n) is 13.1. The summed E-state index contributed by atoms with van der Waals surface area (Å²) in [5.41, 5.74) is 0. The molecule has 5 heterocycles. The monoisotopic (exact) mass is 348 g/mol. The Morgan fingerprint density at radius 1 is 1.30 bits per heavy atom. The minimum Gasteiger partial charge on any atom is -0.455 e. The SMILES string of the molecule is Cc1ccc(Sc2ccc(C(=O)N[C@H]3CN4CCC3CC4)s2)o1. The molecule has 1 amide bonds. The highest BCUT2D eigenvalue weighted by molar-refractivity contribution is 8.01. The Morgan fingerprint density at radius 2 is 2.13 bits per heavy atom. The molecule has 6 heteroatoms. The highest BCUT2D eigenvalue weighted by Crippen LogP contribution is 2.34. The number of carbonyl (C=O) groups is 1. The van der Waals surface area contributed by atoms with Gasteiger partial charge in [0.1, 0.15) is 5.76 Å². The number of thiophene rings is 1. The molecular weight excluding hydrogens is 328 g/mol. The summed E-state index contributed by atoms with van der Waals surface area (Å²) in [6.07, 6.45) is 2.43. The number of nitrogens with zero attached hydrogens (tertiary/aromatic N) is 1. The number of fused-ring (bicyclic) bond motifs is 3. The summed E-state index contributed by atoms with van der Waals surface area (Å²) in [5.74, 6) is 1.63. The van der Waals surface area contributed by atoms with Crippen molar-refractivity contribution < 1.29 is 9.21 Å². The van der Waals surface area contributed by atoms with Crippen molar-refractivity contribution in [2.24, 2.45) is 5.92 Å². The molecule has 2 bridgehead atoms. The number of aryl methyl sites for hydroxylation is 1. The fraction of sp³-hybridized carbons (Fsp3) is 0.471. The Morgan fingerprint density at radius 3 is 2.78 bits per heavy atom. The normalized spacial score (nSPS) is 26.4. The Bertz CT molecular complexity index is 701. The van der Waals surface area contributed by atoms with E-state index in [0.29, 0.717) is 12.0 Å². The summed E-state index contributed by atoms with van der Waals surface area (Å²) in [4.78, 5) is 15.7. The lowest BCUT2D eigenvalue weighted by Crippen LogP contribution is -2.57. The van der Waals surface area contributed by atoms with Crippen LogP contribution in [-0.4, -0.2) is 36.5 Å². The maximum atomic E-state index is 12.5. The first-order chi connectivity index (χ1) is 11.2. The largest absolute Gasteiger partial charge is 0.455 e. The molecule has 3 fully saturated rings. The van der Waals surface area contributed by atoms with Gasteiger partial charge in [-0.05, 0) is 74.8 Å². The molecule has 0 aromatic carbocycles. The van der Waals surface area contributed by atoms with E-state index in [-0.39, 0.29) is 5.91 Å². The molecule has 1 atom stereocenters. The van der Waals surface area contributed by atoms with Crippen molar-refractivity contribution in [1.82, 2.24) is 10.2 Å². The fourth-order valence-electron chi connectivity index (χ4n) is 3.43. The Balaban J connectivity index is 1.39. The zero-order chi connectivity index (χ0) is 15.8. The van der Waals surface area contributed by atoms with Crippen LogP contribution in [-0.2, 0) is 0 Å². The van der Waals surface area contributed by atoms with Gasteiger partial charge in [-0.1, -0.05) is 0 Å². The number of hydrogen-bond donors (Lipinski definition) is 1. The van der Waals surface area contributed by atoms with Crippen LogP contribution in [0.2, 0.25) is 0 Å². The minimum atomic E-state index is 0.0659. The van der Waals surface area contributed by atoms with E-state index in [0.717, 1.165) is 26.5 Å². The highest BCUT2D eigenvalue weighted by Gasteiger charge is 2.35. The van der Waals surface area contributed by atoms with Gasteiger partial charge in [0.25, 0.3) is 5.91 Å². The van der Waals surface area contributed by atoms with Gasteiger partial charge < -0.3 is 14.6 Å². The summed E-state index contributed by atoms with van der Waals surface area (Å²) in [7, 11) is 0. The van der Waals surface area contributed by atoms with Crippen molar-refractivity contribution in [1.29, 1.82) is 0 Å². The average molecular weight is 348 g/mol. The van der Waals surface area contributed by atoms with E-state index >= 15 is 0 Å². The molecule has 3 saturated heterocycles. The number of carbonyl (C=O) groups excluding carboxylic acids is 1. The summed E-state index contributed by atoms with van der Waals surface area (Å²) < 4.78 is 6.66. The van der Waals surface area contributed by atoms with Crippen LogP contribution < -0.4 is 5.32 Å². The zero-order valence-corrected chi connectivity index (χ0v) is 14.7. The third-order valence-corrected chi connectivity index (χ3v) is 6.83. The van der Waals surface area contributed by atoms with Gasteiger partial charge in [-0.15, -0.1) is 11.3 Å². The molecule has 0 saturated carbocycles. The first-order valence-corrected chi connectivity index (χ1v) is 9.68. The van der Waals surface area contributed by atoms with Crippen LogP contribution in [0.4, 0.5) is 0 Å². The second-order valence-electron chi connectivity index (χ2n) is 6.30. The Labute approximate surface area is 144 Å². The molecule has 0 unspecified atom stereocenters. The van der Waals surface area contributed by atoms with Gasteiger partial charge in [-0.2, -0.15) is 0 Å². The number of hydrogen-bond acceptors (Lipinski definition) is 5. The molecule has 4 nitrogen and oxygen atoms in total. The molecular formula is C17H20N2O2S2. The third kappa shape index (κ3) is 3.34. The molecule has 0 spiro atoms. The summed E-state index contributed by atoms with van der Waals surface area (Å²) in [6.45, 7) is 5.33. The lowest BCUT2D eigenvalue weighted by atomic mass is 9.84. The first kappa shape index (κ1) is 15.3. The molecule has 122 valence electrons. The Kier molecular flexibility index (Phi) is 4.22. The molecule has 2 aromatic heterocycles. The maximum Gasteiger partial charge on any atom is 0.261 e. The standard InChI is InChI=1S/C17H20N2O2S2/c1-11-2-4-15(21-11)23-16-5-3-14(22-16)17(20)18-13-10-19-8-6-12(13)7-9-19/h2-5,12-13H,6-10H2,1H3,(H,18,20)/t13-/m0/s1.